The van der Waals surface area contributed by atoms with Gasteiger partial charge in [-0.1, -0.05) is 9.59 Å². The molecule has 1 atom stereocenters. The molecule has 0 bridgehead atoms. The maximum atomic E-state index is 3.83. The summed E-state index contributed by atoms with van der Waals surface area (Å²) in [7, 11) is 2.16. The second kappa shape index (κ2) is 3.97. The topological polar surface area (TPSA) is 53.9 Å². The van der Waals surface area contributed by atoms with Crippen LogP contribution < -0.4 is 5.32 Å². The molecule has 72 valence electrons. The van der Waals surface area contributed by atoms with Crippen molar-refractivity contribution in [1.82, 2.24) is 19.7 Å². The predicted octanol–water partition coefficient (Wildman–Crippen LogP) is 0.297. The van der Waals surface area contributed by atoms with Gasteiger partial charge in [-0.15, -0.1) is 0 Å². The van der Waals surface area contributed by atoms with E-state index in [1.54, 1.807) is 0 Å². The van der Waals surface area contributed by atoms with Crippen LogP contribution in [0.1, 0.15) is 6.42 Å². The average Bonchev–Trinajstić information content (AvgIpc) is 2.71. The van der Waals surface area contributed by atoms with Crippen LogP contribution in [0.2, 0.25) is 0 Å². The standard InChI is InChI=1S/C7H13N5S/c1-12-3-2-6(5-12)4-8-7-9-10-11-13-7/h6H,2-5H2,1H3,(H,8,9,11). The van der Waals surface area contributed by atoms with Crippen molar-refractivity contribution in [3.63, 3.8) is 0 Å². The van der Waals surface area contributed by atoms with Crippen molar-refractivity contribution in [3.05, 3.63) is 0 Å². The minimum Gasteiger partial charge on any atom is -0.359 e. The maximum absolute atomic E-state index is 3.83. The zero-order chi connectivity index (χ0) is 9.10. The highest BCUT2D eigenvalue weighted by molar-refractivity contribution is 7.09. The fraction of sp³-hybridized carbons (Fsp3) is 0.857. The number of rotatable bonds is 3. The molecule has 1 aliphatic heterocycles. The van der Waals surface area contributed by atoms with Gasteiger partial charge in [0.2, 0.25) is 5.13 Å². The summed E-state index contributed by atoms with van der Waals surface area (Å²) in [6.45, 7) is 3.38. The molecule has 0 radical (unpaired) electrons. The molecule has 0 saturated carbocycles. The Morgan fingerprint density at radius 3 is 3.23 bits per heavy atom. The van der Waals surface area contributed by atoms with Crippen LogP contribution in [0.4, 0.5) is 5.13 Å². The van der Waals surface area contributed by atoms with Crippen LogP contribution in [0.25, 0.3) is 0 Å². The molecule has 1 unspecified atom stereocenters. The van der Waals surface area contributed by atoms with Gasteiger partial charge in [-0.05, 0) is 31.1 Å². The van der Waals surface area contributed by atoms with E-state index >= 15 is 0 Å². The smallest absolute Gasteiger partial charge is 0.225 e. The Kier molecular flexibility index (Phi) is 2.70. The van der Waals surface area contributed by atoms with Crippen molar-refractivity contribution in [2.45, 2.75) is 6.42 Å². The Hall–Kier alpha value is -0.750. The first-order chi connectivity index (χ1) is 6.34. The molecule has 1 aromatic heterocycles. The third-order valence-electron chi connectivity index (χ3n) is 2.33. The number of anilines is 1. The van der Waals surface area contributed by atoms with Crippen molar-refractivity contribution in [2.75, 3.05) is 32.0 Å². The van der Waals surface area contributed by atoms with Crippen LogP contribution in [0.3, 0.4) is 0 Å². The van der Waals surface area contributed by atoms with Crippen LogP contribution in [0.5, 0.6) is 0 Å². The molecule has 0 amide bonds. The average molecular weight is 199 g/mol. The molecule has 1 aliphatic rings. The number of hydrogen-bond donors (Lipinski definition) is 1. The Morgan fingerprint density at radius 2 is 2.62 bits per heavy atom. The molecule has 0 aromatic carbocycles. The van der Waals surface area contributed by atoms with Gasteiger partial charge in [-0.2, -0.15) is 0 Å². The van der Waals surface area contributed by atoms with E-state index in [1.165, 1.54) is 31.0 Å². The third kappa shape index (κ3) is 2.35. The Bertz CT molecular complexity index is 249. The number of hydrogen-bond acceptors (Lipinski definition) is 6. The van der Waals surface area contributed by atoms with E-state index in [4.69, 9.17) is 0 Å². The molecule has 6 heteroatoms. The molecular formula is C7H13N5S. The van der Waals surface area contributed by atoms with E-state index in [0.29, 0.717) is 0 Å². The largest absolute Gasteiger partial charge is 0.359 e. The summed E-state index contributed by atoms with van der Waals surface area (Å²) >= 11 is 1.31. The highest BCUT2D eigenvalue weighted by atomic mass is 32.1. The van der Waals surface area contributed by atoms with E-state index in [1.807, 2.05) is 0 Å². The summed E-state index contributed by atoms with van der Waals surface area (Å²) in [4.78, 5) is 2.35. The van der Waals surface area contributed by atoms with Gasteiger partial charge in [0.15, 0.2) is 0 Å². The molecule has 0 aliphatic carbocycles. The lowest BCUT2D eigenvalue weighted by molar-refractivity contribution is 0.399. The van der Waals surface area contributed by atoms with Gasteiger partial charge in [0.05, 0.1) is 0 Å². The number of nitrogens with zero attached hydrogens (tertiary/aromatic N) is 4. The lowest BCUT2D eigenvalue weighted by atomic mass is 10.1. The minimum absolute atomic E-state index is 0.744. The molecule has 2 rings (SSSR count). The Labute approximate surface area is 81.3 Å². The summed E-state index contributed by atoms with van der Waals surface area (Å²) in [5.41, 5.74) is 0. The highest BCUT2D eigenvalue weighted by Crippen LogP contribution is 2.15. The molecule has 1 aromatic rings. The lowest BCUT2D eigenvalue weighted by Crippen LogP contribution is -2.19. The van der Waals surface area contributed by atoms with Crippen LogP contribution >= 0.6 is 11.5 Å². The van der Waals surface area contributed by atoms with Crippen molar-refractivity contribution in [1.29, 1.82) is 0 Å². The van der Waals surface area contributed by atoms with Crippen LogP contribution in [-0.2, 0) is 0 Å². The first-order valence-corrected chi connectivity index (χ1v) is 5.19. The minimum atomic E-state index is 0.744. The summed E-state index contributed by atoms with van der Waals surface area (Å²) < 4.78 is 3.69. The molecule has 13 heavy (non-hydrogen) atoms. The number of likely N-dealkylation sites (tertiary alicyclic amines) is 1. The van der Waals surface area contributed by atoms with Gasteiger partial charge in [0.1, 0.15) is 0 Å². The van der Waals surface area contributed by atoms with Crippen LogP contribution in [0, 0.1) is 5.92 Å². The van der Waals surface area contributed by atoms with Crippen LogP contribution in [-0.4, -0.2) is 46.4 Å². The Morgan fingerprint density at radius 1 is 1.69 bits per heavy atom. The molecule has 5 nitrogen and oxygen atoms in total. The predicted molar refractivity (Wildman–Crippen MR) is 51.8 cm³/mol. The fourth-order valence-corrected chi connectivity index (χ4v) is 2.00. The highest BCUT2D eigenvalue weighted by Gasteiger charge is 2.19. The summed E-state index contributed by atoms with van der Waals surface area (Å²) in [5, 5.41) is 11.4. The zero-order valence-corrected chi connectivity index (χ0v) is 8.42. The van der Waals surface area contributed by atoms with E-state index in [-0.39, 0.29) is 0 Å². The lowest BCUT2D eigenvalue weighted by Gasteiger charge is -2.09. The first kappa shape index (κ1) is 8.83. The van der Waals surface area contributed by atoms with Gasteiger partial charge in [0, 0.05) is 24.6 Å². The van der Waals surface area contributed by atoms with Crippen molar-refractivity contribution < 1.29 is 0 Å². The molecule has 1 fully saturated rings. The van der Waals surface area contributed by atoms with Crippen molar-refractivity contribution in [2.24, 2.45) is 5.92 Å². The normalized spacial score (nSPS) is 23.6. The molecule has 2 heterocycles. The summed E-state index contributed by atoms with van der Waals surface area (Å²) in [6.07, 6.45) is 1.27. The monoisotopic (exact) mass is 199 g/mol. The SMILES string of the molecule is CN1CCC(CNc2nnns2)C1. The van der Waals surface area contributed by atoms with Crippen LogP contribution in [0.15, 0.2) is 0 Å². The summed E-state index contributed by atoms with van der Waals surface area (Å²) in [5.74, 6) is 0.744. The van der Waals surface area contributed by atoms with E-state index in [9.17, 15) is 0 Å². The van der Waals surface area contributed by atoms with E-state index < -0.39 is 0 Å². The fourth-order valence-electron chi connectivity index (χ4n) is 1.63. The van der Waals surface area contributed by atoms with Crippen molar-refractivity contribution in [3.8, 4) is 0 Å². The number of nitrogens with one attached hydrogen (secondary N) is 1. The quantitative estimate of drug-likeness (QED) is 0.758. The molecule has 1 N–H and O–H groups in total. The van der Waals surface area contributed by atoms with Gasteiger partial charge >= 0.3 is 0 Å². The van der Waals surface area contributed by atoms with E-state index in [2.05, 4.69) is 32.1 Å². The van der Waals surface area contributed by atoms with E-state index in [0.717, 1.165) is 17.6 Å². The van der Waals surface area contributed by atoms with Gasteiger partial charge in [-0.25, -0.2) is 0 Å². The third-order valence-corrected chi connectivity index (χ3v) is 2.88. The van der Waals surface area contributed by atoms with Gasteiger partial charge < -0.3 is 10.2 Å². The van der Waals surface area contributed by atoms with Gasteiger partial charge in [-0.3, -0.25) is 0 Å². The maximum Gasteiger partial charge on any atom is 0.225 e. The second-order valence-corrected chi connectivity index (χ2v) is 4.20. The van der Waals surface area contributed by atoms with Crippen molar-refractivity contribution >= 4 is 16.7 Å². The first-order valence-electron chi connectivity index (χ1n) is 4.42. The summed E-state index contributed by atoms with van der Waals surface area (Å²) in [6, 6.07) is 0. The molecular weight excluding hydrogens is 186 g/mol. The molecule has 0 spiro atoms. The second-order valence-electron chi connectivity index (χ2n) is 3.47. The molecule has 1 saturated heterocycles. The zero-order valence-electron chi connectivity index (χ0n) is 7.60. The van der Waals surface area contributed by atoms with Gasteiger partial charge in [0.25, 0.3) is 0 Å². The Balaban J connectivity index is 1.74. The number of aromatic nitrogens is 3.